The summed E-state index contributed by atoms with van der Waals surface area (Å²) in [6.45, 7) is 8.13. The van der Waals surface area contributed by atoms with E-state index in [0.717, 1.165) is 40.3 Å². The number of fused-ring (bicyclic) bond motifs is 1. The highest BCUT2D eigenvalue weighted by molar-refractivity contribution is 5.94. The van der Waals surface area contributed by atoms with Gasteiger partial charge < -0.3 is 19.7 Å². The van der Waals surface area contributed by atoms with Gasteiger partial charge in [0.2, 0.25) is 11.8 Å². The molecule has 7 nitrogen and oxygen atoms in total. The van der Waals surface area contributed by atoms with Crippen molar-refractivity contribution < 1.29 is 19.1 Å². The molecule has 1 N–H and O–H groups in total. The monoisotopic (exact) mass is 449 g/mol. The number of nitrogens with zero attached hydrogens (tertiary/aromatic N) is 2. The number of benzene rings is 2. The molecule has 2 aliphatic heterocycles. The molecule has 0 bridgehead atoms. The second kappa shape index (κ2) is 10.5. The Balaban J connectivity index is 1.26. The fourth-order valence-electron chi connectivity index (χ4n) is 4.08. The largest absolute Gasteiger partial charge is 0.490 e. The second-order valence-electron chi connectivity index (χ2n) is 8.51. The average Bonchev–Trinajstić information content (AvgIpc) is 3.05. The molecule has 2 aromatic carbocycles. The molecule has 2 amide bonds. The molecular weight excluding hydrogens is 418 g/mol. The van der Waals surface area contributed by atoms with Crippen molar-refractivity contribution in [1.82, 2.24) is 9.80 Å². The Labute approximate surface area is 195 Å². The van der Waals surface area contributed by atoms with Crippen molar-refractivity contribution in [1.29, 1.82) is 0 Å². The second-order valence-corrected chi connectivity index (χ2v) is 8.51. The van der Waals surface area contributed by atoms with Gasteiger partial charge in [-0.25, -0.2) is 0 Å². The Morgan fingerprint density at radius 1 is 0.970 bits per heavy atom. The summed E-state index contributed by atoms with van der Waals surface area (Å²) in [6.07, 6.45) is 4.27. The van der Waals surface area contributed by atoms with Gasteiger partial charge in [-0.3, -0.25) is 14.5 Å². The van der Waals surface area contributed by atoms with Crippen molar-refractivity contribution in [3.63, 3.8) is 0 Å². The van der Waals surface area contributed by atoms with Crippen LogP contribution in [0.5, 0.6) is 11.5 Å². The Kier molecular flexibility index (Phi) is 7.29. The lowest BCUT2D eigenvalue weighted by molar-refractivity contribution is -0.127. The van der Waals surface area contributed by atoms with Gasteiger partial charge >= 0.3 is 0 Å². The Hall–Kier alpha value is -3.32. The van der Waals surface area contributed by atoms with Crippen LogP contribution in [0.1, 0.15) is 23.1 Å². The van der Waals surface area contributed by atoms with Gasteiger partial charge in [0, 0.05) is 44.4 Å². The minimum absolute atomic E-state index is 0.0262. The Morgan fingerprint density at radius 2 is 1.67 bits per heavy atom. The summed E-state index contributed by atoms with van der Waals surface area (Å²) in [5.41, 5.74) is 3.89. The number of nitrogens with one attached hydrogen (secondary N) is 1. The number of para-hydroxylation sites is 1. The maximum Gasteiger partial charge on any atom is 0.246 e. The molecule has 0 radical (unpaired) electrons. The van der Waals surface area contributed by atoms with Gasteiger partial charge in [0.05, 0.1) is 19.8 Å². The third-order valence-corrected chi connectivity index (χ3v) is 5.99. The zero-order valence-corrected chi connectivity index (χ0v) is 19.3. The van der Waals surface area contributed by atoms with Crippen molar-refractivity contribution in [2.75, 3.05) is 51.3 Å². The number of ether oxygens (including phenoxy) is 2. The van der Waals surface area contributed by atoms with Gasteiger partial charge in [-0.1, -0.05) is 24.3 Å². The summed E-state index contributed by atoms with van der Waals surface area (Å²) in [6, 6.07) is 11.7. The summed E-state index contributed by atoms with van der Waals surface area (Å²) in [7, 11) is 0. The molecule has 174 valence electrons. The zero-order valence-electron chi connectivity index (χ0n) is 19.3. The summed E-state index contributed by atoms with van der Waals surface area (Å²) in [5, 5.41) is 3.03. The van der Waals surface area contributed by atoms with Gasteiger partial charge in [-0.15, -0.1) is 0 Å². The first-order valence-corrected chi connectivity index (χ1v) is 11.4. The number of aryl methyl sites for hydroxylation is 2. The van der Waals surface area contributed by atoms with Crippen molar-refractivity contribution in [2.45, 2.75) is 20.3 Å². The first kappa shape index (κ1) is 22.9. The van der Waals surface area contributed by atoms with E-state index in [2.05, 4.69) is 10.2 Å². The lowest BCUT2D eigenvalue weighted by Crippen LogP contribution is -2.50. The Morgan fingerprint density at radius 3 is 2.39 bits per heavy atom. The van der Waals surface area contributed by atoms with Gasteiger partial charge in [0.15, 0.2) is 11.5 Å². The molecular formula is C26H31N3O4. The summed E-state index contributed by atoms with van der Waals surface area (Å²) in [4.78, 5) is 29.1. The highest BCUT2D eigenvalue weighted by Gasteiger charge is 2.21. The highest BCUT2D eigenvalue weighted by Crippen LogP contribution is 2.30. The molecule has 0 saturated carbocycles. The van der Waals surface area contributed by atoms with Crippen LogP contribution in [-0.4, -0.2) is 67.6 Å². The minimum Gasteiger partial charge on any atom is -0.490 e. The summed E-state index contributed by atoms with van der Waals surface area (Å²) >= 11 is 0. The smallest absolute Gasteiger partial charge is 0.246 e. The van der Waals surface area contributed by atoms with Crippen LogP contribution in [-0.2, 0) is 9.59 Å². The number of carbonyl (C=O) groups is 2. The lowest BCUT2D eigenvalue weighted by Gasteiger charge is -2.33. The lowest BCUT2D eigenvalue weighted by atomic mass is 10.1. The molecule has 7 heteroatoms. The first-order chi connectivity index (χ1) is 16.0. The number of hydrogen-bond donors (Lipinski definition) is 1. The van der Waals surface area contributed by atoms with E-state index < -0.39 is 0 Å². The third-order valence-electron chi connectivity index (χ3n) is 5.99. The summed E-state index contributed by atoms with van der Waals surface area (Å²) < 4.78 is 11.4. The predicted molar refractivity (Wildman–Crippen MR) is 129 cm³/mol. The molecule has 2 aliphatic rings. The third kappa shape index (κ3) is 5.93. The van der Waals surface area contributed by atoms with Crippen LogP contribution in [0.4, 0.5) is 5.69 Å². The van der Waals surface area contributed by atoms with Crippen LogP contribution in [0.25, 0.3) is 6.08 Å². The van der Waals surface area contributed by atoms with Gasteiger partial charge in [-0.2, -0.15) is 0 Å². The van der Waals surface area contributed by atoms with Crippen LogP contribution in [0.2, 0.25) is 0 Å². The fourth-order valence-corrected chi connectivity index (χ4v) is 4.08. The first-order valence-electron chi connectivity index (χ1n) is 11.4. The molecule has 1 saturated heterocycles. The van der Waals surface area contributed by atoms with Crippen LogP contribution >= 0.6 is 0 Å². The van der Waals surface area contributed by atoms with E-state index in [1.165, 1.54) is 0 Å². The van der Waals surface area contributed by atoms with E-state index in [-0.39, 0.29) is 11.8 Å². The number of carbonyl (C=O) groups excluding carboxylic acids is 2. The summed E-state index contributed by atoms with van der Waals surface area (Å²) in [5.74, 6) is 1.41. The highest BCUT2D eigenvalue weighted by atomic mass is 16.5. The average molecular weight is 450 g/mol. The van der Waals surface area contributed by atoms with E-state index >= 15 is 0 Å². The Bertz CT molecular complexity index is 1020. The topological polar surface area (TPSA) is 71.1 Å². The van der Waals surface area contributed by atoms with Crippen molar-refractivity contribution in [2.24, 2.45) is 0 Å². The number of rotatable bonds is 5. The number of anilines is 1. The quantitative estimate of drug-likeness (QED) is 0.710. The maximum absolute atomic E-state index is 12.6. The molecule has 1 fully saturated rings. The normalized spacial score (nSPS) is 16.5. The zero-order chi connectivity index (χ0) is 23.2. The van der Waals surface area contributed by atoms with E-state index in [1.54, 1.807) is 12.2 Å². The molecule has 2 heterocycles. The van der Waals surface area contributed by atoms with E-state index in [4.69, 9.17) is 9.47 Å². The molecule has 0 unspecified atom stereocenters. The molecule has 0 atom stereocenters. The standard InChI is InChI=1S/C26H31N3O4/c1-19-5-3-6-20(2)26(19)27-24(30)18-28-11-13-29(14-12-28)25(31)10-8-21-7-9-22-23(17-21)33-16-4-15-32-22/h3,5-10,17H,4,11-16,18H2,1-2H3,(H,27,30). The molecule has 0 spiro atoms. The minimum atomic E-state index is -0.0264. The van der Waals surface area contributed by atoms with Crippen LogP contribution in [0, 0.1) is 13.8 Å². The molecule has 0 aromatic heterocycles. The van der Waals surface area contributed by atoms with E-state index in [1.807, 2.05) is 55.1 Å². The van der Waals surface area contributed by atoms with Crippen LogP contribution in [0.15, 0.2) is 42.5 Å². The fraction of sp³-hybridized carbons (Fsp3) is 0.385. The van der Waals surface area contributed by atoms with Crippen molar-refractivity contribution in [3.05, 3.63) is 59.2 Å². The molecule has 2 aromatic rings. The van der Waals surface area contributed by atoms with E-state index in [9.17, 15) is 9.59 Å². The number of piperazine rings is 1. The van der Waals surface area contributed by atoms with Gasteiger partial charge in [-0.05, 0) is 48.7 Å². The van der Waals surface area contributed by atoms with Gasteiger partial charge in [0.1, 0.15) is 0 Å². The van der Waals surface area contributed by atoms with Crippen molar-refractivity contribution in [3.8, 4) is 11.5 Å². The SMILES string of the molecule is Cc1cccc(C)c1NC(=O)CN1CCN(C(=O)C=Cc2ccc3c(c2)OCCCO3)CC1. The van der Waals surface area contributed by atoms with E-state index in [0.29, 0.717) is 45.9 Å². The maximum atomic E-state index is 12.6. The molecule has 4 rings (SSSR count). The number of amides is 2. The van der Waals surface area contributed by atoms with Crippen molar-refractivity contribution >= 4 is 23.6 Å². The molecule has 33 heavy (non-hydrogen) atoms. The van der Waals surface area contributed by atoms with Crippen LogP contribution in [0.3, 0.4) is 0 Å². The van der Waals surface area contributed by atoms with Gasteiger partial charge in [0.25, 0.3) is 0 Å². The van der Waals surface area contributed by atoms with Crippen LogP contribution < -0.4 is 14.8 Å². The number of hydrogen-bond acceptors (Lipinski definition) is 5. The predicted octanol–water partition coefficient (Wildman–Crippen LogP) is 3.26. The molecule has 0 aliphatic carbocycles.